The second-order valence-corrected chi connectivity index (χ2v) is 8.67. The molecular weight excluding hydrogens is 397 g/mol. The first-order chi connectivity index (χ1) is 13.0. The molecule has 160 valence electrons. The number of guanidine groups is 1. The zero-order valence-electron chi connectivity index (χ0n) is 16.5. The molecule has 0 unspecified atom stereocenters. The molecule has 2 rings (SSSR count). The van der Waals surface area contributed by atoms with Gasteiger partial charge in [-0.15, -0.1) is 0 Å². The summed E-state index contributed by atoms with van der Waals surface area (Å²) in [5, 5.41) is 10.7. The highest BCUT2D eigenvalue weighted by Crippen LogP contribution is 2.28. The number of alkyl halides is 3. The molecule has 0 aliphatic carbocycles. The second kappa shape index (κ2) is 8.68. The summed E-state index contributed by atoms with van der Waals surface area (Å²) in [4.78, 5) is 4.55. The Kier molecular flexibility index (Phi) is 6.97. The minimum absolute atomic E-state index is 0.159. The van der Waals surface area contributed by atoms with Crippen molar-refractivity contribution in [1.82, 2.24) is 24.7 Å². The van der Waals surface area contributed by atoms with Crippen molar-refractivity contribution in [2.45, 2.75) is 51.7 Å². The highest BCUT2D eigenvalue weighted by molar-refractivity contribution is 7.90. The van der Waals surface area contributed by atoms with E-state index in [1.165, 1.54) is 0 Å². The number of halogens is 3. The molecule has 28 heavy (non-hydrogen) atoms. The number of piperidine rings is 1. The van der Waals surface area contributed by atoms with E-state index < -0.39 is 15.5 Å². The van der Waals surface area contributed by atoms with Gasteiger partial charge in [0.1, 0.15) is 0 Å². The van der Waals surface area contributed by atoms with Crippen LogP contribution in [0.5, 0.6) is 0 Å². The lowest BCUT2D eigenvalue weighted by atomic mass is 10.1. The van der Waals surface area contributed by atoms with Gasteiger partial charge in [0, 0.05) is 44.0 Å². The Hall–Kier alpha value is -1.82. The highest BCUT2D eigenvalue weighted by atomic mass is 32.2. The van der Waals surface area contributed by atoms with Crippen molar-refractivity contribution in [3.8, 4) is 0 Å². The molecule has 0 radical (unpaired) electrons. The molecule has 1 aliphatic rings. The summed E-state index contributed by atoms with van der Waals surface area (Å²) >= 11 is 0. The summed E-state index contributed by atoms with van der Waals surface area (Å²) in [6.45, 7) is 6.47. The topological polar surface area (TPSA) is 91.6 Å². The molecule has 0 bridgehead atoms. The van der Waals surface area contributed by atoms with Crippen molar-refractivity contribution in [3.05, 3.63) is 17.0 Å². The number of hydrogen-bond donors (Lipinski definition) is 2. The summed E-state index contributed by atoms with van der Waals surface area (Å²) < 4.78 is 63.3. The van der Waals surface area contributed by atoms with Gasteiger partial charge in [-0.05, 0) is 33.6 Å². The molecule has 0 saturated carbocycles. The van der Waals surface area contributed by atoms with Gasteiger partial charge in [0.15, 0.2) is 5.96 Å². The molecular formula is C16H27F3N6O2S. The Morgan fingerprint density at radius 2 is 1.89 bits per heavy atom. The Bertz CT molecular complexity index is 811. The van der Waals surface area contributed by atoms with Gasteiger partial charge in [-0.3, -0.25) is 4.68 Å². The lowest BCUT2D eigenvalue weighted by Crippen LogP contribution is -2.51. The molecule has 1 saturated heterocycles. The fraction of sp³-hybridized carbons (Fsp3) is 0.750. The molecule has 1 fully saturated rings. The smallest absolute Gasteiger partial charge is 0.357 e. The lowest BCUT2D eigenvalue weighted by molar-refractivity contribution is -0.0494. The minimum atomic E-state index is -5.26. The van der Waals surface area contributed by atoms with Crippen molar-refractivity contribution in [2.24, 2.45) is 12.0 Å². The molecule has 0 amide bonds. The molecule has 0 atom stereocenters. The minimum Gasteiger partial charge on any atom is -0.357 e. The average Bonchev–Trinajstić information content (AvgIpc) is 2.84. The lowest BCUT2D eigenvalue weighted by Gasteiger charge is -2.32. The maximum atomic E-state index is 12.7. The van der Waals surface area contributed by atoms with E-state index in [2.05, 4.69) is 20.7 Å². The van der Waals surface area contributed by atoms with E-state index in [9.17, 15) is 21.6 Å². The van der Waals surface area contributed by atoms with Gasteiger partial charge in [0.2, 0.25) is 0 Å². The van der Waals surface area contributed by atoms with Crippen LogP contribution >= 0.6 is 0 Å². The van der Waals surface area contributed by atoms with Crippen LogP contribution in [0.1, 0.15) is 36.7 Å². The van der Waals surface area contributed by atoms with Gasteiger partial charge >= 0.3 is 15.5 Å². The van der Waals surface area contributed by atoms with E-state index >= 15 is 0 Å². The van der Waals surface area contributed by atoms with Crippen molar-refractivity contribution in [2.75, 3.05) is 19.6 Å². The zero-order valence-corrected chi connectivity index (χ0v) is 17.3. The third-order valence-electron chi connectivity index (χ3n) is 4.83. The molecule has 8 nitrogen and oxygen atoms in total. The van der Waals surface area contributed by atoms with Gasteiger partial charge in [-0.1, -0.05) is 0 Å². The maximum absolute atomic E-state index is 12.7. The number of sulfonamides is 1. The Balaban J connectivity index is 2.00. The number of nitrogens with one attached hydrogen (secondary N) is 2. The first kappa shape index (κ1) is 22.5. The summed E-state index contributed by atoms with van der Waals surface area (Å²) in [7, 11) is -3.40. The van der Waals surface area contributed by atoms with Gasteiger partial charge in [-0.2, -0.15) is 22.6 Å². The van der Waals surface area contributed by atoms with Crippen LogP contribution in [0.4, 0.5) is 13.2 Å². The number of aliphatic imine (C=N–C) groups is 1. The largest absolute Gasteiger partial charge is 0.511 e. The van der Waals surface area contributed by atoms with Crippen molar-refractivity contribution >= 4 is 16.0 Å². The first-order valence-electron chi connectivity index (χ1n) is 9.07. The van der Waals surface area contributed by atoms with Gasteiger partial charge in [0.05, 0.1) is 12.2 Å². The first-order valence-corrected chi connectivity index (χ1v) is 10.5. The zero-order chi connectivity index (χ0) is 21.1. The van der Waals surface area contributed by atoms with Crippen molar-refractivity contribution in [1.29, 1.82) is 0 Å². The van der Waals surface area contributed by atoms with Crippen LogP contribution in [0, 0.1) is 13.8 Å². The standard InChI is InChI=1S/C16H27F3N6O2S/c1-5-20-15(21-10-14-11(2)23-24(4)12(14)3)22-13-6-8-25(9-7-13)28(26,27)16(17,18)19/h13H,5-10H2,1-4H3,(H2,20,21,22). The van der Waals surface area contributed by atoms with E-state index in [4.69, 9.17) is 0 Å². The van der Waals surface area contributed by atoms with Crippen LogP contribution < -0.4 is 10.6 Å². The van der Waals surface area contributed by atoms with Crippen LogP contribution in [0.2, 0.25) is 0 Å². The van der Waals surface area contributed by atoms with E-state index in [1.807, 2.05) is 27.8 Å². The Morgan fingerprint density at radius 3 is 2.36 bits per heavy atom. The molecule has 2 heterocycles. The Morgan fingerprint density at radius 1 is 1.29 bits per heavy atom. The van der Waals surface area contributed by atoms with Gasteiger partial charge < -0.3 is 10.6 Å². The number of rotatable bonds is 5. The SMILES string of the molecule is CCNC(=NCc1c(C)nn(C)c1C)NC1CCN(S(=O)(=O)C(F)(F)F)CC1. The number of aromatic nitrogens is 2. The predicted molar refractivity (Wildman–Crippen MR) is 100 cm³/mol. The number of nitrogens with zero attached hydrogens (tertiary/aromatic N) is 4. The summed E-state index contributed by atoms with van der Waals surface area (Å²) in [6, 6.07) is -0.159. The monoisotopic (exact) mass is 424 g/mol. The van der Waals surface area contributed by atoms with Crippen molar-refractivity contribution in [3.63, 3.8) is 0 Å². The second-order valence-electron chi connectivity index (χ2n) is 6.74. The average molecular weight is 424 g/mol. The van der Waals surface area contributed by atoms with Crippen LogP contribution in [0.15, 0.2) is 4.99 Å². The predicted octanol–water partition coefficient (Wildman–Crippen LogP) is 1.41. The third-order valence-corrected chi connectivity index (χ3v) is 6.46. The third kappa shape index (κ3) is 4.96. The summed E-state index contributed by atoms with van der Waals surface area (Å²) in [5.74, 6) is 0.544. The van der Waals surface area contributed by atoms with Crippen LogP contribution in [0.25, 0.3) is 0 Å². The molecule has 2 N–H and O–H groups in total. The molecule has 1 aromatic rings. The van der Waals surface area contributed by atoms with Crippen molar-refractivity contribution < 1.29 is 21.6 Å². The molecule has 0 spiro atoms. The van der Waals surface area contributed by atoms with E-state index in [0.29, 0.717) is 23.4 Å². The van der Waals surface area contributed by atoms with Crippen LogP contribution in [-0.4, -0.2) is 59.6 Å². The fourth-order valence-electron chi connectivity index (χ4n) is 3.10. The summed E-state index contributed by atoms with van der Waals surface area (Å²) in [6.07, 6.45) is 0.537. The molecule has 1 aromatic heterocycles. The number of hydrogen-bond acceptors (Lipinski definition) is 4. The van der Waals surface area contributed by atoms with Crippen LogP contribution in [-0.2, 0) is 23.6 Å². The van der Waals surface area contributed by atoms with Gasteiger partial charge in [0.25, 0.3) is 0 Å². The molecule has 0 aromatic carbocycles. The highest BCUT2D eigenvalue weighted by Gasteiger charge is 2.50. The molecule has 12 heteroatoms. The van der Waals surface area contributed by atoms with Gasteiger partial charge in [-0.25, -0.2) is 13.4 Å². The van der Waals surface area contributed by atoms with E-state index in [-0.39, 0.29) is 32.0 Å². The maximum Gasteiger partial charge on any atom is 0.511 e. The van der Waals surface area contributed by atoms with E-state index in [1.54, 1.807) is 4.68 Å². The quantitative estimate of drug-likeness (QED) is 0.551. The fourth-order valence-corrected chi connectivity index (χ4v) is 4.09. The normalized spacial score (nSPS) is 17.8. The number of aryl methyl sites for hydroxylation is 2. The summed E-state index contributed by atoms with van der Waals surface area (Å²) in [5.41, 5.74) is -2.33. The molecule has 1 aliphatic heterocycles. The Labute approximate surface area is 163 Å². The van der Waals surface area contributed by atoms with Crippen LogP contribution in [0.3, 0.4) is 0 Å². The van der Waals surface area contributed by atoms with E-state index in [0.717, 1.165) is 17.0 Å².